The van der Waals surface area contributed by atoms with E-state index in [1.54, 1.807) is 0 Å². The maximum absolute atomic E-state index is 12.4. The molecule has 2 fully saturated rings. The van der Waals surface area contributed by atoms with Gasteiger partial charge in [0.2, 0.25) is 5.91 Å². The number of nitrogens with zero attached hydrogens (tertiary/aromatic N) is 4. The molecule has 3 rings (SSSR count). The number of methoxy groups -OCH3 is 1. The number of aliphatic hydroxyl groups excluding tert-OH is 1. The second-order valence-electron chi connectivity index (χ2n) is 8.00. The predicted molar refractivity (Wildman–Crippen MR) is 93.8 cm³/mol. The molecular weight excluding hydrogens is 320 g/mol. The smallest absolute Gasteiger partial charge is 0.249 e. The third-order valence-electron chi connectivity index (χ3n) is 5.88. The standard InChI is InChI=1S/C18H30N4O3/c1-17(14-23)12-18(13-22(17)16(24)11-25-3)5-8-21(9-6-18)10-15-4-7-20(2)19-15/h4,7,23H,5-6,8-14H2,1-3H3/t17-/m1/s1. The first kappa shape index (κ1) is 18.4. The van der Waals surface area contributed by atoms with Gasteiger partial charge in [0.05, 0.1) is 17.8 Å². The summed E-state index contributed by atoms with van der Waals surface area (Å²) in [6.07, 6.45) is 4.94. The normalized spacial score (nSPS) is 26.5. The Morgan fingerprint density at radius 2 is 2.12 bits per heavy atom. The third kappa shape index (κ3) is 3.73. The Morgan fingerprint density at radius 1 is 1.40 bits per heavy atom. The second kappa shape index (κ2) is 7.05. The van der Waals surface area contributed by atoms with E-state index in [1.165, 1.54) is 7.11 Å². The summed E-state index contributed by atoms with van der Waals surface area (Å²) in [5.41, 5.74) is 0.738. The van der Waals surface area contributed by atoms with Gasteiger partial charge in [-0.05, 0) is 50.8 Å². The molecule has 0 radical (unpaired) electrons. The molecule has 0 bridgehead atoms. The highest BCUT2D eigenvalue weighted by Gasteiger charge is 2.52. The molecular formula is C18H30N4O3. The van der Waals surface area contributed by atoms with Gasteiger partial charge in [0.1, 0.15) is 6.61 Å². The van der Waals surface area contributed by atoms with Crippen LogP contribution in [0, 0.1) is 5.41 Å². The van der Waals surface area contributed by atoms with Crippen molar-refractivity contribution in [1.29, 1.82) is 0 Å². The Morgan fingerprint density at radius 3 is 2.68 bits per heavy atom. The second-order valence-corrected chi connectivity index (χ2v) is 8.00. The minimum Gasteiger partial charge on any atom is -0.394 e. The van der Waals surface area contributed by atoms with Gasteiger partial charge in [-0.2, -0.15) is 5.10 Å². The SMILES string of the molecule is COCC(=O)N1CC2(CCN(Cc3ccn(C)n3)CC2)C[C@]1(C)CO. The maximum atomic E-state index is 12.4. The fourth-order valence-corrected chi connectivity index (χ4v) is 4.51. The Kier molecular flexibility index (Phi) is 5.18. The van der Waals surface area contributed by atoms with Crippen LogP contribution in [0.15, 0.2) is 12.3 Å². The van der Waals surface area contributed by atoms with E-state index < -0.39 is 5.54 Å². The summed E-state index contributed by atoms with van der Waals surface area (Å²) in [6, 6.07) is 2.06. The number of hydrogen-bond acceptors (Lipinski definition) is 5. The molecule has 7 nitrogen and oxygen atoms in total. The summed E-state index contributed by atoms with van der Waals surface area (Å²) in [7, 11) is 3.48. The summed E-state index contributed by atoms with van der Waals surface area (Å²) >= 11 is 0. The van der Waals surface area contributed by atoms with Gasteiger partial charge in [0.15, 0.2) is 0 Å². The molecule has 0 unspecified atom stereocenters. The molecule has 2 saturated heterocycles. The van der Waals surface area contributed by atoms with Crippen molar-refractivity contribution >= 4 is 5.91 Å². The van der Waals surface area contributed by atoms with Gasteiger partial charge in [0, 0.05) is 33.4 Å². The number of hydrogen-bond donors (Lipinski definition) is 1. The third-order valence-corrected chi connectivity index (χ3v) is 5.88. The Hall–Kier alpha value is -1.44. The molecule has 140 valence electrons. The predicted octanol–water partition coefficient (Wildman–Crippen LogP) is 0.632. The van der Waals surface area contributed by atoms with Crippen molar-refractivity contribution in [3.63, 3.8) is 0 Å². The average molecular weight is 350 g/mol. The van der Waals surface area contributed by atoms with Gasteiger partial charge in [-0.25, -0.2) is 0 Å². The van der Waals surface area contributed by atoms with Crippen LogP contribution < -0.4 is 0 Å². The van der Waals surface area contributed by atoms with E-state index in [-0.39, 0.29) is 24.5 Å². The molecule has 1 spiro atoms. The number of rotatable bonds is 5. The number of ether oxygens (including phenoxy) is 1. The molecule has 7 heteroatoms. The number of carbonyl (C=O) groups is 1. The molecule has 0 aliphatic carbocycles. The highest BCUT2D eigenvalue weighted by Crippen LogP contribution is 2.48. The molecule has 1 atom stereocenters. The van der Waals surface area contributed by atoms with Gasteiger partial charge < -0.3 is 14.7 Å². The molecule has 1 N–H and O–H groups in total. The zero-order valence-electron chi connectivity index (χ0n) is 15.6. The van der Waals surface area contributed by atoms with E-state index in [0.29, 0.717) is 0 Å². The molecule has 1 aromatic rings. The number of aliphatic hydroxyl groups is 1. The molecule has 3 heterocycles. The van der Waals surface area contributed by atoms with Gasteiger partial charge in [-0.15, -0.1) is 0 Å². The van der Waals surface area contributed by atoms with Crippen LogP contribution in [0.5, 0.6) is 0 Å². The molecule has 1 amide bonds. The van der Waals surface area contributed by atoms with Crippen molar-refractivity contribution in [3.05, 3.63) is 18.0 Å². The number of carbonyl (C=O) groups excluding carboxylic acids is 1. The van der Waals surface area contributed by atoms with Crippen LogP contribution in [-0.2, 0) is 23.1 Å². The number of likely N-dealkylation sites (tertiary alicyclic amines) is 2. The van der Waals surface area contributed by atoms with Gasteiger partial charge in [-0.1, -0.05) is 0 Å². The lowest BCUT2D eigenvalue weighted by molar-refractivity contribution is -0.140. The lowest BCUT2D eigenvalue weighted by Gasteiger charge is -2.39. The van der Waals surface area contributed by atoms with E-state index in [1.807, 2.05) is 29.7 Å². The largest absolute Gasteiger partial charge is 0.394 e. The lowest BCUT2D eigenvalue weighted by atomic mass is 9.74. The van der Waals surface area contributed by atoms with Crippen LogP contribution in [0.3, 0.4) is 0 Å². The topological polar surface area (TPSA) is 70.8 Å². The summed E-state index contributed by atoms with van der Waals surface area (Å²) < 4.78 is 6.86. The first-order valence-corrected chi connectivity index (χ1v) is 9.01. The zero-order chi connectivity index (χ0) is 18.1. The van der Waals surface area contributed by atoms with E-state index in [4.69, 9.17) is 4.74 Å². The fraction of sp³-hybridized carbons (Fsp3) is 0.778. The van der Waals surface area contributed by atoms with Crippen molar-refractivity contribution in [1.82, 2.24) is 19.6 Å². The van der Waals surface area contributed by atoms with E-state index in [0.717, 1.165) is 51.1 Å². The van der Waals surface area contributed by atoms with Crippen LogP contribution in [0.2, 0.25) is 0 Å². The number of aryl methyl sites for hydroxylation is 1. The van der Waals surface area contributed by atoms with E-state index >= 15 is 0 Å². The fourth-order valence-electron chi connectivity index (χ4n) is 4.51. The van der Waals surface area contributed by atoms with Crippen LogP contribution in [0.25, 0.3) is 0 Å². The highest BCUT2D eigenvalue weighted by atomic mass is 16.5. The highest BCUT2D eigenvalue weighted by molar-refractivity contribution is 5.78. The summed E-state index contributed by atoms with van der Waals surface area (Å²) in [4.78, 5) is 16.7. The van der Waals surface area contributed by atoms with Crippen LogP contribution in [0.1, 0.15) is 31.9 Å². The van der Waals surface area contributed by atoms with Crippen LogP contribution in [-0.4, -0.2) is 76.1 Å². The molecule has 1 aromatic heterocycles. The summed E-state index contributed by atoms with van der Waals surface area (Å²) in [5.74, 6) is -0.0214. The quantitative estimate of drug-likeness (QED) is 0.844. The minimum absolute atomic E-state index is 0.00184. The van der Waals surface area contributed by atoms with Gasteiger partial charge in [0.25, 0.3) is 0 Å². The van der Waals surface area contributed by atoms with Gasteiger partial charge >= 0.3 is 0 Å². The van der Waals surface area contributed by atoms with Crippen molar-refractivity contribution in [2.45, 2.75) is 38.3 Å². The van der Waals surface area contributed by atoms with Crippen LogP contribution >= 0.6 is 0 Å². The molecule has 0 saturated carbocycles. The first-order chi connectivity index (χ1) is 11.9. The van der Waals surface area contributed by atoms with Crippen molar-refractivity contribution < 1.29 is 14.6 Å². The van der Waals surface area contributed by atoms with E-state index in [9.17, 15) is 9.90 Å². The number of amides is 1. The van der Waals surface area contributed by atoms with Gasteiger partial charge in [-0.3, -0.25) is 14.4 Å². The number of piperidine rings is 1. The monoisotopic (exact) mass is 350 g/mol. The van der Waals surface area contributed by atoms with Crippen molar-refractivity contribution in [3.8, 4) is 0 Å². The molecule has 25 heavy (non-hydrogen) atoms. The average Bonchev–Trinajstić information content (AvgIpc) is 3.12. The molecule has 0 aromatic carbocycles. The number of aromatic nitrogens is 2. The van der Waals surface area contributed by atoms with Crippen LogP contribution in [0.4, 0.5) is 0 Å². The Bertz CT molecular complexity index is 609. The molecule has 2 aliphatic heterocycles. The Labute approximate surface area is 149 Å². The van der Waals surface area contributed by atoms with Crippen molar-refractivity contribution in [2.24, 2.45) is 12.5 Å². The molecule has 2 aliphatic rings. The minimum atomic E-state index is -0.473. The first-order valence-electron chi connectivity index (χ1n) is 9.01. The maximum Gasteiger partial charge on any atom is 0.249 e. The zero-order valence-corrected chi connectivity index (χ0v) is 15.6. The lowest BCUT2D eigenvalue weighted by Crippen LogP contribution is -2.49. The summed E-state index contributed by atoms with van der Waals surface area (Å²) in [6.45, 7) is 5.69. The van der Waals surface area contributed by atoms with Crippen molar-refractivity contribution in [2.75, 3.05) is 40.0 Å². The summed E-state index contributed by atoms with van der Waals surface area (Å²) in [5, 5.41) is 14.4. The van der Waals surface area contributed by atoms with E-state index in [2.05, 4.69) is 16.1 Å². The Balaban J connectivity index is 1.63.